The summed E-state index contributed by atoms with van der Waals surface area (Å²) in [5.41, 5.74) is 3.70. The summed E-state index contributed by atoms with van der Waals surface area (Å²) < 4.78 is 2.46. The Morgan fingerprint density at radius 1 is 1.38 bits per heavy atom. The molecule has 128 valence electrons. The van der Waals surface area contributed by atoms with Crippen molar-refractivity contribution in [3.8, 4) is 0 Å². The number of hydrogen-bond acceptors (Lipinski definition) is 3. The first-order valence-corrected chi connectivity index (χ1v) is 9.56. The van der Waals surface area contributed by atoms with Crippen LogP contribution in [0.25, 0.3) is 6.08 Å². The Morgan fingerprint density at radius 2 is 2.17 bits per heavy atom. The van der Waals surface area contributed by atoms with E-state index in [1.165, 1.54) is 43.5 Å². The first-order valence-electron chi connectivity index (χ1n) is 8.68. The van der Waals surface area contributed by atoms with Gasteiger partial charge in [0.05, 0.1) is 6.54 Å². The number of carbonyl (C=O) groups excluding carboxylic acids is 1. The molecule has 0 radical (unpaired) electrons. The monoisotopic (exact) mass is 343 g/mol. The lowest BCUT2D eigenvalue weighted by Crippen LogP contribution is -2.20. The lowest BCUT2D eigenvalue weighted by Gasteiger charge is -2.26. The first kappa shape index (κ1) is 17.0. The van der Waals surface area contributed by atoms with Crippen LogP contribution in [-0.4, -0.2) is 15.5 Å². The van der Waals surface area contributed by atoms with Crippen LogP contribution in [0, 0.1) is 13.8 Å². The zero-order valence-corrected chi connectivity index (χ0v) is 15.2. The molecule has 2 aromatic rings. The van der Waals surface area contributed by atoms with Crippen LogP contribution in [0.3, 0.4) is 0 Å². The van der Waals surface area contributed by atoms with E-state index in [1.54, 1.807) is 23.6 Å². The third-order valence-electron chi connectivity index (χ3n) is 4.77. The average Bonchev–Trinajstić information content (AvgIpc) is 3.20. The van der Waals surface area contributed by atoms with E-state index in [9.17, 15) is 4.79 Å². The molecule has 0 bridgehead atoms. The summed E-state index contributed by atoms with van der Waals surface area (Å²) in [7, 11) is 0. The number of rotatable bonds is 5. The molecule has 0 unspecified atom stereocenters. The fourth-order valence-electron chi connectivity index (χ4n) is 3.60. The third kappa shape index (κ3) is 3.96. The topological polar surface area (TPSA) is 46.9 Å². The van der Waals surface area contributed by atoms with Crippen LogP contribution >= 0.6 is 11.3 Å². The van der Waals surface area contributed by atoms with Gasteiger partial charge in [-0.3, -0.25) is 4.79 Å². The number of amides is 1. The minimum absolute atomic E-state index is 0.0762. The van der Waals surface area contributed by atoms with E-state index in [0.29, 0.717) is 12.6 Å². The second-order valence-electron chi connectivity index (χ2n) is 6.47. The van der Waals surface area contributed by atoms with Crippen molar-refractivity contribution in [3.63, 3.8) is 0 Å². The Bertz CT molecular complexity index is 709. The molecule has 1 aliphatic carbocycles. The van der Waals surface area contributed by atoms with Crippen molar-refractivity contribution in [2.24, 2.45) is 0 Å². The van der Waals surface area contributed by atoms with Gasteiger partial charge in [0, 0.05) is 35.1 Å². The van der Waals surface area contributed by atoms with Gasteiger partial charge in [0.2, 0.25) is 5.91 Å². The van der Waals surface area contributed by atoms with E-state index in [0.717, 1.165) is 10.6 Å². The van der Waals surface area contributed by atoms with E-state index >= 15 is 0 Å². The van der Waals surface area contributed by atoms with Crippen LogP contribution in [0.2, 0.25) is 0 Å². The Morgan fingerprint density at radius 3 is 2.88 bits per heavy atom. The van der Waals surface area contributed by atoms with Crippen molar-refractivity contribution in [3.05, 3.63) is 45.7 Å². The normalized spacial score (nSPS) is 15.9. The van der Waals surface area contributed by atoms with Gasteiger partial charge < -0.3 is 9.88 Å². The molecule has 1 amide bonds. The van der Waals surface area contributed by atoms with Crippen LogP contribution in [0.1, 0.15) is 60.1 Å². The molecule has 0 aliphatic heterocycles. The molecule has 1 aliphatic rings. The second-order valence-corrected chi connectivity index (χ2v) is 7.44. The Labute approximate surface area is 147 Å². The van der Waals surface area contributed by atoms with E-state index in [4.69, 9.17) is 0 Å². The zero-order valence-electron chi connectivity index (χ0n) is 14.4. The standard InChI is InChI=1S/C19H25N3OS/c1-14-12-16(15(2)22(14)17-6-4-3-5-7-17)8-9-18(23)21-13-19-20-10-11-24-19/h8-12,17H,3-7,13H2,1-2H3,(H,21,23). The van der Waals surface area contributed by atoms with Gasteiger partial charge in [-0.15, -0.1) is 11.3 Å². The van der Waals surface area contributed by atoms with Gasteiger partial charge in [0.15, 0.2) is 0 Å². The maximum atomic E-state index is 12.0. The SMILES string of the molecule is Cc1cc(C=CC(=O)NCc2nccs2)c(C)n1C1CCCCC1. The molecule has 4 nitrogen and oxygen atoms in total. The summed E-state index contributed by atoms with van der Waals surface area (Å²) in [6.45, 7) is 4.82. The second kappa shape index (κ2) is 7.79. The van der Waals surface area contributed by atoms with Gasteiger partial charge in [0.25, 0.3) is 0 Å². The van der Waals surface area contributed by atoms with Crippen LogP contribution in [0.15, 0.2) is 23.7 Å². The van der Waals surface area contributed by atoms with Gasteiger partial charge in [-0.2, -0.15) is 0 Å². The fourth-order valence-corrected chi connectivity index (χ4v) is 4.16. The van der Waals surface area contributed by atoms with Gasteiger partial charge in [-0.05, 0) is 44.4 Å². The van der Waals surface area contributed by atoms with Crippen molar-refractivity contribution in [1.82, 2.24) is 14.9 Å². The molecule has 0 saturated heterocycles. The molecule has 2 heterocycles. The van der Waals surface area contributed by atoms with Gasteiger partial charge in [0.1, 0.15) is 5.01 Å². The fraction of sp³-hybridized carbons (Fsp3) is 0.474. The number of nitrogens with one attached hydrogen (secondary N) is 1. The number of carbonyl (C=O) groups is 1. The van der Waals surface area contributed by atoms with Crippen molar-refractivity contribution < 1.29 is 4.79 Å². The zero-order chi connectivity index (χ0) is 16.9. The summed E-state index contributed by atoms with van der Waals surface area (Å²) in [5, 5.41) is 5.71. The molecule has 0 spiro atoms. The lowest BCUT2D eigenvalue weighted by molar-refractivity contribution is -0.116. The molecule has 2 aromatic heterocycles. The molecule has 3 rings (SSSR count). The van der Waals surface area contributed by atoms with E-state index in [2.05, 4.69) is 34.8 Å². The summed E-state index contributed by atoms with van der Waals surface area (Å²) in [6.07, 6.45) is 11.9. The van der Waals surface area contributed by atoms with Gasteiger partial charge in [-0.1, -0.05) is 19.3 Å². The molecule has 1 N–H and O–H groups in total. The number of aryl methyl sites for hydroxylation is 1. The van der Waals surface area contributed by atoms with E-state index in [1.807, 2.05) is 11.5 Å². The number of aromatic nitrogens is 2. The molecule has 1 fully saturated rings. The highest BCUT2D eigenvalue weighted by Crippen LogP contribution is 2.32. The summed E-state index contributed by atoms with van der Waals surface area (Å²) >= 11 is 1.55. The number of thiazole rings is 1. The summed E-state index contributed by atoms with van der Waals surface area (Å²) in [4.78, 5) is 16.2. The molecule has 24 heavy (non-hydrogen) atoms. The van der Waals surface area contributed by atoms with Crippen molar-refractivity contribution in [2.75, 3.05) is 0 Å². The van der Waals surface area contributed by atoms with Crippen LogP contribution in [0.4, 0.5) is 0 Å². The third-order valence-corrected chi connectivity index (χ3v) is 5.55. The Kier molecular flexibility index (Phi) is 5.51. The highest BCUT2D eigenvalue weighted by Gasteiger charge is 2.19. The van der Waals surface area contributed by atoms with E-state index in [-0.39, 0.29) is 5.91 Å². The number of nitrogens with zero attached hydrogens (tertiary/aromatic N) is 2. The van der Waals surface area contributed by atoms with Crippen LogP contribution < -0.4 is 5.32 Å². The Balaban J connectivity index is 1.65. The van der Waals surface area contributed by atoms with Crippen molar-refractivity contribution >= 4 is 23.3 Å². The first-order chi connectivity index (χ1) is 11.6. The Hall–Kier alpha value is -1.88. The van der Waals surface area contributed by atoms with E-state index < -0.39 is 0 Å². The molecule has 1 saturated carbocycles. The van der Waals surface area contributed by atoms with Crippen LogP contribution in [0.5, 0.6) is 0 Å². The molecule has 0 aromatic carbocycles. The molecular formula is C19H25N3OS. The molecule has 0 atom stereocenters. The van der Waals surface area contributed by atoms with Gasteiger partial charge in [-0.25, -0.2) is 4.98 Å². The molecular weight excluding hydrogens is 318 g/mol. The minimum Gasteiger partial charge on any atom is -0.346 e. The smallest absolute Gasteiger partial charge is 0.244 e. The quantitative estimate of drug-likeness (QED) is 0.818. The maximum Gasteiger partial charge on any atom is 0.244 e. The largest absolute Gasteiger partial charge is 0.346 e. The highest BCUT2D eigenvalue weighted by molar-refractivity contribution is 7.09. The maximum absolute atomic E-state index is 12.0. The van der Waals surface area contributed by atoms with Crippen molar-refractivity contribution in [1.29, 1.82) is 0 Å². The molecule has 5 heteroatoms. The summed E-state index contributed by atoms with van der Waals surface area (Å²) in [5.74, 6) is -0.0762. The minimum atomic E-state index is -0.0762. The summed E-state index contributed by atoms with van der Waals surface area (Å²) in [6, 6.07) is 2.81. The predicted molar refractivity (Wildman–Crippen MR) is 99.0 cm³/mol. The van der Waals surface area contributed by atoms with Crippen molar-refractivity contribution in [2.45, 2.75) is 58.5 Å². The number of hydrogen-bond donors (Lipinski definition) is 1. The predicted octanol–water partition coefficient (Wildman–Crippen LogP) is 4.40. The van der Waals surface area contributed by atoms with Crippen LogP contribution in [-0.2, 0) is 11.3 Å². The highest BCUT2D eigenvalue weighted by atomic mass is 32.1. The average molecular weight is 343 g/mol. The lowest BCUT2D eigenvalue weighted by atomic mass is 9.95. The van der Waals surface area contributed by atoms with Gasteiger partial charge >= 0.3 is 0 Å².